The molecule has 0 aliphatic heterocycles. The Bertz CT molecular complexity index is 2250. The molecule has 0 saturated heterocycles. The quantitative estimate of drug-likeness (QED) is 0.106. The minimum atomic E-state index is -0.682. The van der Waals surface area contributed by atoms with Gasteiger partial charge in [-0.05, 0) is 88.1 Å². The number of methoxy groups -OCH3 is 1. The molecule has 1 unspecified atom stereocenters. The topological polar surface area (TPSA) is 175 Å². The molecule has 1 atom stereocenters. The van der Waals surface area contributed by atoms with Gasteiger partial charge in [0.15, 0.2) is 5.15 Å². The zero-order valence-electron chi connectivity index (χ0n) is 28.5. The highest BCUT2D eigenvalue weighted by atomic mass is 35.5. The first-order valence-electron chi connectivity index (χ1n) is 16.3. The summed E-state index contributed by atoms with van der Waals surface area (Å²) in [4.78, 5) is 37.6. The van der Waals surface area contributed by atoms with Gasteiger partial charge in [-0.3, -0.25) is 15.4 Å². The van der Waals surface area contributed by atoms with Gasteiger partial charge in [0, 0.05) is 33.6 Å². The maximum Gasteiger partial charge on any atom is 0.411 e. The van der Waals surface area contributed by atoms with E-state index in [9.17, 15) is 14.4 Å². The monoisotopic (exact) mass is 763 g/mol. The number of amides is 3. The Hall–Kier alpha value is -6.64. The van der Waals surface area contributed by atoms with Crippen LogP contribution in [-0.2, 0) is 27.3 Å². The van der Waals surface area contributed by atoms with E-state index in [0.29, 0.717) is 50.9 Å². The zero-order valence-corrected chi connectivity index (χ0v) is 30.0. The second kappa shape index (κ2) is 17.7. The summed E-state index contributed by atoms with van der Waals surface area (Å²) >= 11 is 12.8. The van der Waals surface area contributed by atoms with Gasteiger partial charge >= 0.3 is 12.2 Å². The molecular weight excluding hydrogens is 733 g/mol. The Kier molecular flexibility index (Phi) is 12.2. The number of nitrogens with one attached hydrogen (secondary N) is 3. The SMILES string of the molecule is COC(=O)Nc1ccc(-c2cc(C(Cc3ccc(NC(=O)OCc4ccccc4)cc3)NC(=O)/C=C/c3cc(Cl)ccc3-n3cnnn3)nnc2Cl)cc1. The molecule has 0 bridgehead atoms. The second-order valence-electron chi connectivity index (χ2n) is 11.6. The molecule has 2 heterocycles. The Balaban J connectivity index is 1.23. The van der Waals surface area contributed by atoms with Crippen LogP contribution < -0.4 is 16.0 Å². The molecular formula is C38H31Cl2N9O5. The molecule has 0 radical (unpaired) electrons. The number of hydrogen-bond donors (Lipinski definition) is 3. The molecule has 2 aromatic heterocycles. The van der Waals surface area contributed by atoms with Crippen LogP contribution in [0.15, 0.2) is 116 Å². The second-order valence-corrected chi connectivity index (χ2v) is 12.4. The van der Waals surface area contributed by atoms with Gasteiger partial charge in [-0.25, -0.2) is 9.59 Å². The molecule has 14 nitrogen and oxygen atoms in total. The summed E-state index contributed by atoms with van der Waals surface area (Å²) in [5.74, 6) is -0.432. The number of carbonyl (C=O) groups is 3. The van der Waals surface area contributed by atoms with Crippen molar-refractivity contribution in [1.29, 1.82) is 0 Å². The largest absolute Gasteiger partial charge is 0.453 e. The van der Waals surface area contributed by atoms with Gasteiger partial charge in [0.25, 0.3) is 0 Å². The van der Waals surface area contributed by atoms with Gasteiger partial charge in [0.2, 0.25) is 5.91 Å². The maximum atomic E-state index is 13.5. The number of halogens is 2. The minimum Gasteiger partial charge on any atom is -0.453 e. The lowest BCUT2D eigenvalue weighted by molar-refractivity contribution is -0.117. The van der Waals surface area contributed by atoms with Crippen LogP contribution in [0.2, 0.25) is 10.2 Å². The van der Waals surface area contributed by atoms with Crippen LogP contribution in [0.25, 0.3) is 22.9 Å². The summed E-state index contributed by atoms with van der Waals surface area (Å²) < 4.78 is 11.5. The average Bonchev–Trinajstić information content (AvgIpc) is 3.73. The van der Waals surface area contributed by atoms with Crippen LogP contribution in [0.4, 0.5) is 21.0 Å². The van der Waals surface area contributed by atoms with Gasteiger partial charge in [0.05, 0.1) is 24.5 Å². The van der Waals surface area contributed by atoms with Crippen molar-refractivity contribution in [1.82, 2.24) is 35.7 Å². The molecule has 4 aromatic carbocycles. The van der Waals surface area contributed by atoms with Crippen molar-refractivity contribution in [3.8, 4) is 16.8 Å². The minimum absolute atomic E-state index is 0.134. The van der Waals surface area contributed by atoms with E-state index < -0.39 is 24.1 Å². The molecule has 0 saturated carbocycles. The lowest BCUT2D eigenvalue weighted by Gasteiger charge is -2.19. The third kappa shape index (κ3) is 10.0. The lowest BCUT2D eigenvalue weighted by atomic mass is 10.00. The van der Waals surface area contributed by atoms with Crippen LogP contribution in [-0.4, -0.2) is 55.6 Å². The first kappa shape index (κ1) is 37.1. The molecule has 6 aromatic rings. The number of tetrazole rings is 1. The van der Waals surface area contributed by atoms with Crippen molar-refractivity contribution >= 4 is 58.7 Å². The number of hydrogen-bond acceptors (Lipinski definition) is 10. The van der Waals surface area contributed by atoms with Crippen LogP contribution in [0, 0.1) is 0 Å². The Morgan fingerprint density at radius 3 is 2.26 bits per heavy atom. The third-order valence-corrected chi connectivity index (χ3v) is 8.44. The van der Waals surface area contributed by atoms with E-state index in [0.717, 1.165) is 11.1 Å². The van der Waals surface area contributed by atoms with E-state index >= 15 is 0 Å². The molecule has 6 rings (SSSR count). The van der Waals surface area contributed by atoms with Gasteiger partial charge in [0.1, 0.15) is 12.9 Å². The summed E-state index contributed by atoms with van der Waals surface area (Å²) in [5.41, 5.74) is 5.63. The standard InChI is InChI=1S/C38H31Cl2N9O5/c1-53-37(51)42-30-15-9-26(10-16-30)31-21-33(45-46-36(31)40)32(44-35(50)18-11-27-20-28(39)12-17-34(27)49-23-41-47-48-49)19-24-7-13-29(14-8-24)43-38(52)54-22-25-5-3-2-4-6-25/h2-18,20-21,23,32H,19,22H2,1H3,(H,42,51)(H,43,52)(H,44,50)/b18-11+. The summed E-state index contributed by atoms with van der Waals surface area (Å²) in [7, 11) is 1.28. The molecule has 3 N–H and O–H groups in total. The van der Waals surface area contributed by atoms with Crippen molar-refractivity contribution < 1.29 is 23.9 Å². The Labute approximate surface area is 319 Å². The molecule has 272 valence electrons. The number of rotatable bonds is 12. The molecule has 0 aliphatic rings. The number of ether oxygens (including phenoxy) is 2. The van der Waals surface area contributed by atoms with E-state index in [2.05, 4.69) is 46.4 Å². The van der Waals surface area contributed by atoms with Crippen LogP contribution in [0.5, 0.6) is 0 Å². The van der Waals surface area contributed by atoms with Crippen LogP contribution in [0.1, 0.15) is 28.4 Å². The lowest BCUT2D eigenvalue weighted by Crippen LogP contribution is -2.29. The fourth-order valence-corrected chi connectivity index (χ4v) is 5.64. The Morgan fingerprint density at radius 2 is 1.56 bits per heavy atom. The van der Waals surface area contributed by atoms with Crippen molar-refractivity contribution in [3.63, 3.8) is 0 Å². The van der Waals surface area contributed by atoms with Crippen LogP contribution >= 0.6 is 23.2 Å². The van der Waals surface area contributed by atoms with E-state index in [4.69, 9.17) is 27.9 Å². The van der Waals surface area contributed by atoms with Crippen LogP contribution in [0.3, 0.4) is 0 Å². The summed E-state index contributed by atoms with van der Waals surface area (Å²) in [5, 5.41) is 28.8. The molecule has 16 heteroatoms. The molecule has 0 fully saturated rings. The fourth-order valence-electron chi connectivity index (χ4n) is 5.26. The highest BCUT2D eigenvalue weighted by molar-refractivity contribution is 6.32. The molecule has 0 aliphatic carbocycles. The predicted octanol–water partition coefficient (Wildman–Crippen LogP) is 7.47. The average molecular weight is 765 g/mol. The number of anilines is 2. The highest BCUT2D eigenvalue weighted by Gasteiger charge is 2.20. The summed E-state index contributed by atoms with van der Waals surface area (Å²) in [6.07, 6.45) is 3.52. The molecule has 0 spiro atoms. The van der Waals surface area contributed by atoms with E-state index in [-0.39, 0.29) is 11.8 Å². The van der Waals surface area contributed by atoms with Crippen molar-refractivity contribution in [2.24, 2.45) is 0 Å². The van der Waals surface area contributed by atoms with Crippen molar-refractivity contribution in [2.75, 3.05) is 17.7 Å². The van der Waals surface area contributed by atoms with Gasteiger partial charge < -0.3 is 14.8 Å². The fraction of sp³-hybridized carbons (Fsp3) is 0.105. The van der Waals surface area contributed by atoms with Crippen molar-refractivity contribution in [2.45, 2.75) is 19.1 Å². The van der Waals surface area contributed by atoms with E-state index in [1.54, 1.807) is 66.7 Å². The van der Waals surface area contributed by atoms with Gasteiger partial charge in [-0.1, -0.05) is 77.8 Å². The zero-order chi connectivity index (χ0) is 37.9. The first-order valence-corrected chi connectivity index (χ1v) is 17.1. The third-order valence-electron chi connectivity index (χ3n) is 7.92. The van der Waals surface area contributed by atoms with Crippen molar-refractivity contribution in [3.05, 3.63) is 148 Å². The van der Waals surface area contributed by atoms with E-state index in [1.807, 2.05) is 42.5 Å². The summed E-state index contributed by atoms with van der Waals surface area (Å²) in [6.45, 7) is 0.134. The predicted molar refractivity (Wildman–Crippen MR) is 203 cm³/mol. The molecule has 54 heavy (non-hydrogen) atoms. The van der Waals surface area contributed by atoms with E-state index in [1.165, 1.54) is 24.2 Å². The van der Waals surface area contributed by atoms with Gasteiger partial charge in [-0.15, -0.1) is 10.2 Å². The number of carbonyl (C=O) groups excluding carboxylic acids is 3. The summed E-state index contributed by atoms with van der Waals surface area (Å²) in [6, 6.07) is 29.6. The Morgan fingerprint density at radius 1 is 0.833 bits per heavy atom. The number of benzene rings is 4. The number of aromatic nitrogens is 6. The first-order chi connectivity index (χ1) is 26.2. The maximum absolute atomic E-state index is 13.5. The smallest absolute Gasteiger partial charge is 0.411 e. The highest BCUT2D eigenvalue weighted by Crippen LogP contribution is 2.30. The number of nitrogens with zero attached hydrogens (tertiary/aromatic N) is 6. The normalized spacial score (nSPS) is 11.5. The molecule has 3 amide bonds. The van der Waals surface area contributed by atoms with Gasteiger partial charge in [-0.2, -0.15) is 9.78 Å².